The molecule has 0 amide bonds. The summed E-state index contributed by atoms with van der Waals surface area (Å²) in [5, 5.41) is 9.04. The van der Waals surface area contributed by atoms with Gasteiger partial charge in [-0.15, -0.1) is 0 Å². The molecule has 3 nitrogen and oxygen atoms in total. The molecule has 0 aromatic heterocycles. The van der Waals surface area contributed by atoms with Crippen molar-refractivity contribution in [3.05, 3.63) is 35.4 Å². The van der Waals surface area contributed by atoms with Crippen molar-refractivity contribution in [1.82, 2.24) is 4.90 Å². The zero-order chi connectivity index (χ0) is 14.9. The van der Waals surface area contributed by atoms with Gasteiger partial charge in [-0.2, -0.15) is 13.2 Å². The van der Waals surface area contributed by atoms with Gasteiger partial charge in [-0.3, -0.25) is 9.69 Å². The minimum Gasteiger partial charge on any atom is -0.481 e. The summed E-state index contributed by atoms with van der Waals surface area (Å²) in [7, 11) is 0. The van der Waals surface area contributed by atoms with Crippen LogP contribution in [0.15, 0.2) is 24.3 Å². The van der Waals surface area contributed by atoms with Crippen LogP contribution in [0.5, 0.6) is 0 Å². The van der Waals surface area contributed by atoms with Gasteiger partial charge in [0.05, 0.1) is 11.5 Å². The Morgan fingerprint density at radius 2 is 1.90 bits per heavy atom. The Balaban J connectivity index is 2.00. The van der Waals surface area contributed by atoms with Crippen LogP contribution in [-0.4, -0.2) is 29.1 Å². The van der Waals surface area contributed by atoms with Gasteiger partial charge in [0.25, 0.3) is 0 Å². The summed E-state index contributed by atoms with van der Waals surface area (Å²) in [5.41, 5.74) is 0.0932. The summed E-state index contributed by atoms with van der Waals surface area (Å²) >= 11 is 0. The third-order valence-corrected chi connectivity index (χ3v) is 3.69. The summed E-state index contributed by atoms with van der Waals surface area (Å²) in [5.74, 6) is -1.15. The van der Waals surface area contributed by atoms with Crippen LogP contribution in [0.1, 0.15) is 18.1 Å². The fraction of sp³-hybridized carbons (Fsp3) is 0.500. The molecule has 20 heavy (non-hydrogen) atoms. The minimum absolute atomic E-state index is 0.0574. The van der Waals surface area contributed by atoms with Crippen LogP contribution in [0.4, 0.5) is 13.2 Å². The average Bonchev–Trinajstić information content (AvgIpc) is 2.70. The summed E-state index contributed by atoms with van der Waals surface area (Å²) in [6.45, 7) is 3.45. The van der Waals surface area contributed by atoms with Crippen molar-refractivity contribution < 1.29 is 23.1 Å². The van der Waals surface area contributed by atoms with Crippen molar-refractivity contribution in [3.63, 3.8) is 0 Å². The predicted octanol–water partition coefficient (Wildman–Crippen LogP) is 2.86. The number of hydrogen-bond donors (Lipinski definition) is 1. The van der Waals surface area contributed by atoms with Crippen molar-refractivity contribution in [2.45, 2.75) is 19.6 Å². The van der Waals surface area contributed by atoms with Gasteiger partial charge in [0.2, 0.25) is 0 Å². The predicted molar refractivity (Wildman–Crippen MR) is 67.0 cm³/mol. The Morgan fingerprint density at radius 3 is 2.35 bits per heavy atom. The van der Waals surface area contributed by atoms with Crippen LogP contribution in [0, 0.1) is 11.8 Å². The molecule has 1 aliphatic rings. The van der Waals surface area contributed by atoms with Crippen molar-refractivity contribution in [1.29, 1.82) is 0 Å². The van der Waals surface area contributed by atoms with Gasteiger partial charge < -0.3 is 5.11 Å². The maximum atomic E-state index is 12.4. The van der Waals surface area contributed by atoms with Crippen molar-refractivity contribution in [2.75, 3.05) is 13.1 Å². The smallest absolute Gasteiger partial charge is 0.416 e. The molecule has 6 heteroatoms. The molecule has 2 unspecified atom stereocenters. The van der Waals surface area contributed by atoms with Crippen LogP contribution < -0.4 is 0 Å². The highest BCUT2D eigenvalue weighted by Gasteiger charge is 2.34. The number of alkyl halides is 3. The number of nitrogens with zero attached hydrogens (tertiary/aromatic N) is 1. The first-order valence-electron chi connectivity index (χ1n) is 6.38. The van der Waals surface area contributed by atoms with Gasteiger partial charge in [-0.25, -0.2) is 0 Å². The molecule has 110 valence electrons. The standard InChI is InChI=1S/C14H16F3NO2/c1-9-6-18(8-12(9)13(19)20)7-10-2-4-11(5-3-10)14(15,16)17/h2-5,9,12H,6-8H2,1H3,(H,19,20). The lowest BCUT2D eigenvalue weighted by atomic mass is 9.99. The fourth-order valence-electron chi connectivity index (χ4n) is 2.58. The molecule has 0 aliphatic carbocycles. The molecule has 0 radical (unpaired) electrons. The zero-order valence-corrected chi connectivity index (χ0v) is 11.0. The van der Waals surface area contributed by atoms with E-state index in [1.165, 1.54) is 12.1 Å². The van der Waals surface area contributed by atoms with Gasteiger partial charge in [0.15, 0.2) is 0 Å². The Kier molecular flexibility index (Phi) is 4.04. The lowest BCUT2D eigenvalue weighted by Gasteiger charge is -2.16. The molecule has 1 fully saturated rings. The molecule has 2 atom stereocenters. The van der Waals surface area contributed by atoms with E-state index in [0.717, 1.165) is 17.7 Å². The molecule has 1 aromatic rings. The zero-order valence-electron chi connectivity index (χ0n) is 11.0. The largest absolute Gasteiger partial charge is 0.481 e. The molecular formula is C14H16F3NO2. The second-order valence-corrected chi connectivity index (χ2v) is 5.31. The first kappa shape index (κ1) is 14.8. The summed E-state index contributed by atoms with van der Waals surface area (Å²) in [6.07, 6.45) is -4.32. The quantitative estimate of drug-likeness (QED) is 0.929. The van der Waals surface area contributed by atoms with Crippen LogP contribution >= 0.6 is 0 Å². The summed E-state index contributed by atoms with van der Waals surface area (Å²) < 4.78 is 37.3. The molecule has 1 heterocycles. The van der Waals surface area contributed by atoms with Gasteiger partial charge in [0.1, 0.15) is 0 Å². The number of likely N-dealkylation sites (tertiary alicyclic amines) is 1. The third kappa shape index (κ3) is 3.30. The molecule has 0 saturated carbocycles. The van der Waals surface area contributed by atoms with Crippen LogP contribution in [0.3, 0.4) is 0 Å². The minimum atomic E-state index is -4.32. The van der Waals surface area contributed by atoms with Crippen LogP contribution in [0.25, 0.3) is 0 Å². The SMILES string of the molecule is CC1CN(Cc2ccc(C(F)(F)F)cc2)CC1C(=O)O. The summed E-state index contributed by atoms with van der Waals surface area (Å²) in [6, 6.07) is 5.01. The average molecular weight is 287 g/mol. The highest BCUT2D eigenvalue weighted by Crippen LogP contribution is 2.30. The second kappa shape index (κ2) is 5.44. The molecule has 1 saturated heterocycles. The molecular weight excluding hydrogens is 271 g/mol. The Labute approximate surface area is 115 Å². The molecule has 2 rings (SSSR count). The lowest BCUT2D eigenvalue weighted by molar-refractivity contribution is -0.142. The highest BCUT2D eigenvalue weighted by atomic mass is 19.4. The van der Waals surface area contributed by atoms with Crippen molar-refractivity contribution in [2.24, 2.45) is 11.8 Å². The fourth-order valence-corrected chi connectivity index (χ4v) is 2.58. The van der Waals surface area contributed by atoms with Gasteiger partial charge in [-0.05, 0) is 23.6 Å². The van der Waals surface area contributed by atoms with E-state index in [-0.39, 0.29) is 5.92 Å². The van der Waals surface area contributed by atoms with E-state index in [9.17, 15) is 18.0 Å². The van der Waals surface area contributed by atoms with Crippen molar-refractivity contribution in [3.8, 4) is 0 Å². The first-order chi connectivity index (χ1) is 9.27. The number of benzene rings is 1. The van der Waals surface area contributed by atoms with E-state index in [4.69, 9.17) is 5.11 Å². The molecule has 1 N–H and O–H groups in total. The Morgan fingerprint density at radius 1 is 1.30 bits per heavy atom. The number of rotatable bonds is 3. The highest BCUT2D eigenvalue weighted by molar-refractivity contribution is 5.71. The van der Waals surface area contributed by atoms with E-state index in [0.29, 0.717) is 19.6 Å². The summed E-state index contributed by atoms with van der Waals surface area (Å²) in [4.78, 5) is 13.0. The van der Waals surface area contributed by atoms with Crippen LogP contribution in [0.2, 0.25) is 0 Å². The lowest BCUT2D eigenvalue weighted by Crippen LogP contribution is -2.23. The number of aliphatic carboxylic acids is 1. The van der Waals surface area contributed by atoms with E-state index in [2.05, 4.69) is 0 Å². The van der Waals surface area contributed by atoms with Crippen molar-refractivity contribution >= 4 is 5.97 Å². The normalized spacial score (nSPS) is 24.0. The Hall–Kier alpha value is -1.56. The van der Waals surface area contributed by atoms with E-state index >= 15 is 0 Å². The third-order valence-electron chi connectivity index (χ3n) is 3.69. The van der Waals surface area contributed by atoms with E-state index in [1.807, 2.05) is 11.8 Å². The van der Waals surface area contributed by atoms with E-state index < -0.39 is 23.6 Å². The number of carboxylic acids is 1. The molecule has 0 spiro atoms. The maximum Gasteiger partial charge on any atom is 0.416 e. The topological polar surface area (TPSA) is 40.5 Å². The number of halogens is 3. The van der Waals surface area contributed by atoms with Gasteiger partial charge >= 0.3 is 12.1 Å². The number of hydrogen-bond acceptors (Lipinski definition) is 2. The van der Waals surface area contributed by atoms with E-state index in [1.54, 1.807) is 0 Å². The van der Waals surface area contributed by atoms with Gasteiger partial charge in [-0.1, -0.05) is 19.1 Å². The monoisotopic (exact) mass is 287 g/mol. The number of carbonyl (C=O) groups is 1. The number of carboxylic acid groups (broad SMARTS) is 1. The molecule has 0 bridgehead atoms. The first-order valence-corrected chi connectivity index (χ1v) is 6.38. The molecule has 1 aliphatic heterocycles. The van der Waals surface area contributed by atoms with Gasteiger partial charge in [0, 0.05) is 19.6 Å². The van der Waals surface area contributed by atoms with Crippen LogP contribution in [-0.2, 0) is 17.5 Å². The second-order valence-electron chi connectivity index (χ2n) is 5.31. The maximum absolute atomic E-state index is 12.4. The Bertz CT molecular complexity index is 484. The molecule has 1 aromatic carbocycles.